The first-order chi connectivity index (χ1) is 10.8. The summed E-state index contributed by atoms with van der Waals surface area (Å²) in [7, 11) is 0. The van der Waals surface area contributed by atoms with Crippen LogP contribution in [0.25, 0.3) is 6.08 Å². The van der Waals surface area contributed by atoms with Gasteiger partial charge < -0.3 is 4.74 Å². The normalized spacial score (nSPS) is 11.0. The molecule has 0 fully saturated rings. The van der Waals surface area contributed by atoms with Gasteiger partial charge in [-0.3, -0.25) is 4.79 Å². The zero-order chi connectivity index (χ0) is 15.6. The zero-order valence-electron chi connectivity index (χ0n) is 13.0. The molecule has 0 aliphatic carbocycles. The Morgan fingerprint density at radius 2 is 2.00 bits per heavy atom. The van der Waals surface area contributed by atoms with Crippen molar-refractivity contribution < 1.29 is 9.53 Å². The summed E-state index contributed by atoms with van der Waals surface area (Å²) in [6.45, 7) is 2.92. The van der Waals surface area contributed by atoms with E-state index in [0.717, 1.165) is 29.2 Å². The summed E-state index contributed by atoms with van der Waals surface area (Å²) in [5.74, 6) is 0.827. The second-order valence-corrected chi connectivity index (χ2v) is 6.08. The molecule has 2 rings (SSSR count). The number of carbonyl (C=O) groups is 1. The molecule has 0 radical (unpaired) electrons. The van der Waals surface area contributed by atoms with Crippen LogP contribution in [-0.2, 0) is 0 Å². The fourth-order valence-corrected chi connectivity index (χ4v) is 2.81. The minimum atomic E-state index is 0.0229. The van der Waals surface area contributed by atoms with Crippen molar-refractivity contribution in [3.63, 3.8) is 0 Å². The van der Waals surface area contributed by atoms with E-state index in [-0.39, 0.29) is 5.78 Å². The molecule has 22 heavy (non-hydrogen) atoms. The minimum Gasteiger partial charge on any atom is -0.493 e. The number of rotatable bonds is 9. The fraction of sp³-hybridized carbons (Fsp3) is 0.316. The lowest BCUT2D eigenvalue weighted by Crippen LogP contribution is -1.96. The Morgan fingerprint density at radius 1 is 1.18 bits per heavy atom. The predicted octanol–water partition coefficient (Wildman–Crippen LogP) is 5.60. The number of ketones is 1. The van der Waals surface area contributed by atoms with E-state index >= 15 is 0 Å². The number of thiophene rings is 1. The largest absolute Gasteiger partial charge is 0.493 e. The third-order valence-corrected chi connectivity index (χ3v) is 4.23. The van der Waals surface area contributed by atoms with Crippen molar-refractivity contribution in [2.45, 2.75) is 32.6 Å². The highest BCUT2D eigenvalue weighted by Crippen LogP contribution is 2.23. The summed E-state index contributed by atoms with van der Waals surface area (Å²) < 4.78 is 5.68. The summed E-state index contributed by atoms with van der Waals surface area (Å²) in [5, 5.41) is 1.91. The van der Waals surface area contributed by atoms with Crippen molar-refractivity contribution in [3.05, 3.63) is 58.3 Å². The van der Waals surface area contributed by atoms with Gasteiger partial charge >= 0.3 is 0 Å². The van der Waals surface area contributed by atoms with Gasteiger partial charge in [0.15, 0.2) is 5.78 Å². The Hall–Kier alpha value is -1.87. The van der Waals surface area contributed by atoms with Gasteiger partial charge in [0.05, 0.1) is 11.5 Å². The Bertz CT molecular complexity index is 599. The molecule has 0 saturated carbocycles. The first-order valence-corrected chi connectivity index (χ1v) is 8.66. The molecular weight excluding hydrogens is 292 g/mol. The van der Waals surface area contributed by atoms with Crippen LogP contribution in [-0.4, -0.2) is 12.4 Å². The smallest absolute Gasteiger partial charge is 0.195 e. The number of hydrogen-bond donors (Lipinski definition) is 0. The number of ether oxygens (including phenoxy) is 1. The Labute approximate surface area is 136 Å². The summed E-state index contributed by atoms with van der Waals surface area (Å²) in [6.07, 6.45) is 8.21. The number of allylic oxidation sites excluding steroid dienone is 1. The molecule has 2 nitrogen and oxygen atoms in total. The summed E-state index contributed by atoms with van der Waals surface area (Å²) in [6, 6.07) is 11.7. The van der Waals surface area contributed by atoms with Gasteiger partial charge in [0, 0.05) is 11.4 Å². The van der Waals surface area contributed by atoms with E-state index in [0.29, 0.717) is 0 Å². The monoisotopic (exact) mass is 314 g/mol. The van der Waals surface area contributed by atoms with Gasteiger partial charge in [-0.2, -0.15) is 0 Å². The third-order valence-electron chi connectivity index (χ3n) is 3.31. The highest BCUT2D eigenvalue weighted by atomic mass is 32.1. The molecule has 0 spiro atoms. The number of carbonyl (C=O) groups excluding carboxylic acids is 1. The van der Waals surface area contributed by atoms with Crippen LogP contribution < -0.4 is 4.74 Å². The van der Waals surface area contributed by atoms with Crippen LogP contribution in [0.15, 0.2) is 47.9 Å². The van der Waals surface area contributed by atoms with E-state index in [1.54, 1.807) is 6.08 Å². The molecule has 0 unspecified atom stereocenters. The second kappa shape index (κ2) is 9.21. The Kier molecular flexibility index (Phi) is 6.91. The Morgan fingerprint density at radius 3 is 2.77 bits per heavy atom. The van der Waals surface area contributed by atoms with E-state index in [1.807, 2.05) is 47.9 Å². The lowest BCUT2D eigenvalue weighted by molar-refractivity contribution is 0.105. The molecular formula is C19H22O2S. The minimum absolute atomic E-state index is 0.0229. The van der Waals surface area contributed by atoms with Crippen LogP contribution in [0.4, 0.5) is 0 Å². The van der Waals surface area contributed by atoms with Gasteiger partial charge in [-0.05, 0) is 18.1 Å². The number of hydrogen-bond acceptors (Lipinski definition) is 3. The van der Waals surface area contributed by atoms with Crippen LogP contribution in [0, 0.1) is 0 Å². The highest BCUT2D eigenvalue weighted by Gasteiger charge is 2.07. The van der Waals surface area contributed by atoms with Crippen molar-refractivity contribution >= 4 is 23.2 Å². The molecule has 116 valence electrons. The fourth-order valence-electron chi connectivity index (χ4n) is 2.06. The van der Waals surface area contributed by atoms with E-state index in [1.165, 1.54) is 30.6 Å². The lowest BCUT2D eigenvalue weighted by atomic mass is 10.2. The zero-order valence-corrected chi connectivity index (χ0v) is 13.8. The van der Waals surface area contributed by atoms with E-state index in [4.69, 9.17) is 4.74 Å². The van der Waals surface area contributed by atoms with Gasteiger partial charge in [-0.1, -0.05) is 62.6 Å². The van der Waals surface area contributed by atoms with E-state index < -0.39 is 0 Å². The molecule has 1 aromatic heterocycles. The molecule has 0 aliphatic heterocycles. The van der Waals surface area contributed by atoms with Crippen molar-refractivity contribution in [3.8, 4) is 5.75 Å². The van der Waals surface area contributed by atoms with Crippen molar-refractivity contribution in [2.24, 2.45) is 0 Å². The SMILES string of the molecule is CCCCCCOc1csc(C(=O)C=Cc2ccccc2)c1. The van der Waals surface area contributed by atoms with Gasteiger partial charge in [-0.15, -0.1) is 11.3 Å². The quantitative estimate of drug-likeness (QED) is 0.342. The van der Waals surface area contributed by atoms with Crippen LogP contribution in [0.2, 0.25) is 0 Å². The van der Waals surface area contributed by atoms with Crippen LogP contribution in [0.1, 0.15) is 47.8 Å². The van der Waals surface area contributed by atoms with E-state index in [9.17, 15) is 4.79 Å². The topological polar surface area (TPSA) is 26.3 Å². The molecule has 0 amide bonds. The summed E-state index contributed by atoms with van der Waals surface area (Å²) in [4.78, 5) is 12.8. The van der Waals surface area contributed by atoms with Crippen LogP contribution >= 0.6 is 11.3 Å². The third kappa shape index (κ3) is 5.49. The molecule has 0 atom stereocenters. The average molecular weight is 314 g/mol. The first-order valence-electron chi connectivity index (χ1n) is 7.78. The van der Waals surface area contributed by atoms with Gasteiger partial charge in [0.1, 0.15) is 5.75 Å². The maximum atomic E-state index is 12.1. The van der Waals surface area contributed by atoms with Gasteiger partial charge in [0.2, 0.25) is 0 Å². The molecule has 1 aromatic carbocycles. The number of benzene rings is 1. The highest BCUT2D eigenvalue weighted by molar-refractivity contribution is 7.12. The molecule has 0 saturated heterocycles. The lowest BCUT2D eigenvalue weighted by Gasteiger charge is -2.02. The maximum absolute atomic E-state index is 12.1. The average Bonchev–Trinajstić information content (AvgIpc) is 3.02. The molecule has 0 N–H and O–H groups in total. The molecule has 0 bridgehead atoms. The van der Waals surface area contributed by atoms with E-state index in [2.05, 4.69) is 6.92 Å². The summed E-state index contributed by atoms with van der Waals surface area (Å²) in [5.41, 5.74) is 1.03. The molecule has 0 aliphatic rings. The summed E-state index contributed by atoms with van der Waals surface area (Å²) >= 11 is 1.44. The van der Waals surface area contributed by atoms with Gasteiger partial charge in [0.25, 0.3) is 0 Å². The van der Waals surface area contributed by atoms with Crippen LogP contribution in [0.3, 0.4) is 0 Å². The standard InChI is InChI=1S/C19H22O2S/c1-2-3-4-8-13-21-17-14-19(22-15-17)18(20)12-11-16-9-6-5-7-10-16/h5-7,9-12,14-15H,2-4,8,13H2,1H3. The van der Waals surface area contributed by atoms with Crippen LogP contribution in [0.5, 0.6) is 5.75 Å². The van der Waals surface area contributed by atoms with Crippen molar-refractivity contribution in [1.29, 1.82) is 0 Å². The second-order valence-electron chi connectivity index (χ2n) is 5.16. The first kappa shape index (κ1) is 16.5. The maximum Gasteiger partial charge on any atom is 0.195 e. The molecule has 1 heterocycles. The molecule has 2 aromatic rings. The predicted molar refractivity (Wildman–Crippen MR) is 93.8 cm³/mol. The van der Waals surface area contributed by atoms with Gasteiger partial charge in [-0.25, -0.2) is 0 Å². The Balaban J connectivity index is 1.82. The number of unbranched alkanes of at least 4 members (excludes halogenated alkanes) is 3. The molecule has 3 heteroatoms. The van der Waals surface area contributed by atoms with Crippen molar-refractivity contribution in [1.82, 2.24) is 0 Å². The van der Waals surface area contributed by atoms with Crippen molar-refractivity contribution in [2.75, 3.05) is 6.61 Å².